The third-order valence-corrected chi connectivity index (χ3v) is 1.02. The molecule has 0 aliphatic carbocycles. The van der Waals surface area contributed by atoms with Crippen molar-refractivity contribution >= 4 is 11.9 Å². The molecule has 0 aliphatic heterocycles. The van der Waals surface area contributed by atoms with E-state index in [1.807, 2.05) is 0 Å². The molecule has 0 bridgehead atoms. The van der Waals surface area contributed by atoms with Crippen molar-refractivity contribution in [2.45, 2.75) is 46.3 Å². The Hall–Kier alpha value is -0.0600. The Kier molecular flexibility index (Phi) is 9.67. The van der Waals surface area contributed by atoms with Crippen LogP contribution in [0.2, 0.25) is 0 Å². The van der Waals surface area contributed by atoms with Crippen LogP contribution in [0.3, 0.4) is 0 Å². The smallest absolute Gasteiger partial charge is 1.00 e. The van der Waals surface area contributed by atoms with E-state index in [0.29, 0.717) is 0 Å². The summed E-state index contributed by atoms with van der Waals surface area (Å²) in [5, 5.41) is 0. The zero-order valence-electron chi connectivity index (χ0n) is 10.5. The quantitative estimate of drug-likeness (QED) is 0.320. The van der Waals surface area contributed by atoms with Crippen molar-refractivity contribution in [2.24, 2.45) is 0 Å². The van der Waals surface area contributed by atoms with Crippen LogP contribution in [0.5, 0.6) is 0 Å². The van der Waals surface area contributed by atoms with Crippen LogP contribution in [0.25, 0.3) is 0 Å². The van der Waals surface area contributed by atoms with Crippen molar-refractivity contribution in [1.29, 1.82) is 0 Å². The van der Waals surface area contributed by atoms with Gasteiger partial charge in [-0.05, 0) is 27.7 Å². The van der Waals surface area contributed by atoms with E-state index in [2.05, 4.69) is 0 Å². The first-order chi connectivity index (χ1) is 5.91. The normalized spacial score (nSPS) is 9.57. The largest absolute Gasteiger partial charge is 1.00 e. The molecule has 0 saturated heterocycles. The Labute approximate surface area is 108 Å². The summed E-state index contributed by atoms with van der Waals surface area (Å²) >= 11 is 0. The van der Waals surface area contributed by atoms with Crippen molar-refractivity contribution in [3.8, 4) is 0 Å². The maximum Gasteiger partial charge on any atom is 1.00 e. The number of carbonyl (C=O) groups is 2. The average Bonchev–Trinajstić information content (AvgIpc) is 1.80. The molecular weight excluding hydrogens is 195 g/mol. The minimum Gasteiger partial charge on any atom is -1.00 e. The predicted molar refractivity (Wildman–Crippen MR) is 48.2 cm³/mol. The molecule has 0 rings (SSSR count). The van der Waals surface area contributed by atoms with Crippen molar-refractivity contribution < 1.29 is 50.0 Å². The fraction of sp³-hybridized carbons (Fsp3) is 0.778. The number of carbonyl (C=O) groups excluding carboxylic acids is 2. The van der Waals surface area contributed by atoms with Crippen molar-refractivity contribution in [3.63, 3.8) is 0 Å². The maximum absolute atomic E-state index is 10.9. The summed E-state index contributed by atoms with van der Waals surface area (Å²) in [5.41, 5.74) is 0. The van der Waals surface area contributed by atoms with E-state index in [4.69, 9.17) is 9.47 Å². The minimum atomic E-state index is -0.541. The van der Waals surface area contributed by atoms with Crippen LogP contribution in [0, 0.1) is 0 Å². The van der Waals surface area contributed by atoms with Crippen LogP contribution in [0.4, 0.5) is 0 Å². The predicted octanol–water partition coefficient (Wildman–Crippen LogP) is -1.60. The van der Waals surface area contributed by atoms with E-state index < -0.39 is 11.9 Å². The molecule has 0 unspecified atom stereocenters. The Morgan fingerprint density at radius 3 is 1.50 bits per heavy atom. The molecule has 0 aliphatic rings. The van der Waals surface area contributed by atoms with Gasteiger partial charge < -0.3 is 10.9 Å². The molecule has 0 aromatic heterocycles. The molecule has 0 aromatic rings. The fourth-order valence-corrected chi connectivity index (χ4v) is 0.727. The molecule has 0 amide bonds. The zero-order valence-corrected chi connectivity index (χ0v) is 11.5. The van der Waals surface area contributed by atoms with Gasteiger partial charge in [0.05, 0.1) is 12.2 Å². The van der Waals surface area contributed by atoms with E-state index >= 15 is 0 Å². The van der Waals surface area contributed by atoms with Crippen molar-refractivity contribution in [1.82, 2.24) is 0 Å². The molecule has 5 heteroatoms. The van der Waals surface area contributed by atoms with Gasteiger partial charge in [-0.2, -0.15) is 0 Å². The van der Waals surface area contributed by atoms with Crippen molar-refractivity contribution in [2.75, 3.05) is 0 Å². The van der Waals surface area contributed by atoms with Gasteiger partial charge in [-0.1, -0.05) is 0 Å². The van der Waals surface area contributed by atoms with Gasteiger partial charge >= 0.3 is 41.5 Å². The van der Waals surface area contributed by atoms with Crippen LogP contribution in [-0.2, 0) is 19.1 Å². The second-order valence-corrected chi connectivity index (χ2v) is 3.25. The average molecular weight is 212 g/mol. The summed E-state index contributed by atoms with van der Waals surface area (Å²) in [6, 6.07) is 0. The summed E-state index contributed by atoms with van der Waals surface area (Å²) in [6.07, 6.45) is -0.699. The van der Waals surface area contributed by atoms with E-state index in [1.165, 1.54) is 0 Å². The number of hydrogen-bond acceptors (Lipinski definition) is 4. The topological polar surface area (TPSA) is 52.6 Å². The van der Waals surface area contributed by atoms with Gasteiger partial charge in [-0.15, -0.1) is 0 Å². The zero-order chi connectivity index (χ0) is 10.4. The van der Waals surface area contributed by atoms with Crippen LogP contribution in [-0.4, -0.2) is 24.1 Å². The maximum atomic E-state index is 10.9. The monoisotopic (exact) mass is 212 g/mol. The van der Waals surface area contributed by atoms with E-state index in [0.717, 1.165) is 0 Å². The van der Waals surface area contributed by atoms with Crippen LogP contribution < -0.4 is 29.6 Å². The summed E-state index contributed by atoms with van der Waals surface area (Å²) in [7, 11) is 0. The summed E-state index contributed by atoms with van der Waals surface area (Å²) in [4.78, 5) is 21.8. The number of ether oxygens (including phenoxy) is 2. The molecule has 0 aromatic carbocycles. The Bertz CT molecular complexity index is 175. The molecule has 4 nitrogen and oxygen atoms in total. The molecule has 14 heavy (non-hydrogen) atoms. The number of esters is 2. The molecule has 0 spiro atoms. The second kappa shape index (κ2) is 8.26. The number of rotatable bonds is 4. The molecule has 0 fully saturated rings. The first kappa shape index (κ1) is 16.4. The van der Waals surface area contributed by atoms with Gasteiger partial charge in [0.15, 0.2) is 0 Å². The van der Waals surface area contributed by atoms with Gasteiger partial charge in [0, 0.05) is 0 Å². The van der Waals surface area contributed by atoms with Crippen LogP contribution in [0.1, 0.15) is 35.5 Å². The van der Waals surface area contributed by atoms with Crippen LogP contribution in [0.15, 0.2) is 0 Å². The van der Waals surface area contributed by atoms with Gasteiger partial charge in [-0.3, -0.25) is 9.59 Å². The molecule has 0 radical (unpaired) electrons. The molecule has 0 atom stereocenters. The van der Waals surface area contributed by atoms with Gasteiger partial charge in [0.25, 0.3) is 0 Å². The molecular formula is C9H17NaO4. The molecule has 0 saturated carbocycles. The van der Waals surface area contributed by atoms with E-state index in [-0.39, 0.29) is 49.6 Å². The Balaban J connectivity index is -0.000000720. The SMILES string of the molecule is CC(C)OC(=O)CC(=O)OC(C)C.[H-].[Na+]. The summed E-state index contributed by atoms with van der Waals surface area (Å²) in [5.74, 6) is -1.08. The summed E-state index contributed by atoms with van der Waals surface area (Å²) < 4.78 is 9.53. The standard InChI is InChI=1S/C9H16O4.Na.H/c1-6(2)12-8(10)5-9(11)13-7(3)4;;/h6-7H,5H2,1-4H3;;/q;+1;-1. The third-order valence-electron chi connectivity index (χ3n) is 1.02. The molecule has 0 N–H and O–H groups in total. The first-order valence-corrected chi connectivity index (χ1v) is 4.30. The van der Waals surface area contributed by atoms with Crippen LogP contribution >= 0.6 is 0 Å². The number of hydrogen-bond donors (Lipinski definition) is 0. The van der Waals surface area contributed by atoms with E-state index in [9.17, 15) is 9.59 Å². The van der Waals surface area contributed by atoms with Crippen molar-refractivity contribution in [3.05, 3.63) is 0 Å². The van der Waals surface area contributed by atoms with Gasteiger partial charge in [-0.25, -0.2) is 0 Å². The Morgan fingerprint density at radius 2 is 1.29 bits per heavy atom. The fourth-order valence-electron chi connectivity index (χ4n) is 0.727. The molecule has 0 heterocycles. The molecule has 78 valence electrons. The Morgan fingerprint density at radius 1 is 1.00 bits per heavy atom. The minimum absolute atomic E-state index is 0. The second-order valence-electron chi connectivity index (χ2n) is 3.25. The summed E-state index contributed by atoms with van der Waals surface area (Å²) in [6.45, 7) is 6.91. The first-order valence-electron chi connectivity index (χ1n) is 4.30. The third kappa shape index (κ3) is 10.0. The van der Waals surface area contributed by atoms with Gasteiger partial charge in [0.1, 0.15) is 6.42 Å². The van der Waals surface area contributed by atoms with Gasteiger partial charge in [0.2, 0.25) is 0 Å². The van der Waals surface area contributed by atoms with E-state index in [1.54, 1.807) is 27.7 Å².